The van der Waals surface area contributed by atoms with Gasteiger partial charge in [-0.3, -0.25) is 0 Å². The molecule has 0 amide bonds. The average molecular weight is 226 g/mol. The van der Waals surface area contributed by atoms with E-state index in [9.17, 15) is 5.11 Å². The normalized spacial score (nSPS) is 14.7. The fourth-order valence-corrected chi connectivity index (χ4v) is 2.00. The maximum absolute atomic E-state index is 10.0. The zero-order chi connectivity index (χ0) is 12.3. The van der Waals surface area contributed by atoms with Crippen LogP contribution >= 0.6 is 0 Å². The summed E-state index contributed by atoms with van der Waals surface area (Å²) in [7, 11) is 0. The Morgan fingerprint density at radius 3 is 2.12 bits per heavy atom. The van der Waals surface area contributed by atoms with E-state index in [0.717, 1.165) is 25.7 Å². The van der Waals surface area contributed by atoms with Crippen LogP contribution in [-0.4, -0.2) is 10.7 Å². The molecule has 0 rings (SSSR count). The molecule has 0 aromatic carbocycles. The number of unbranched alkanes of at least 4 members (excludes halogenated alkanes) is 6. The standard InChI is InChI=1S/C15H30O/c1-4-6-8-9-10-11-12-14-15(3,16)13-7-5-2/h5,16H,2,4,6-14H2,1,3H3. The van der Waals surface area contributed by atoms with Gasteiger partial charge in [0.25, 0.3) is 0 Å². The lowest BCUT2D eigenvalue weighted by molar-refractivity contribution is 0.0403. The average Bonchev–Trinajstić information content (AvgIpc) is 2.25. The molecule has 16 heavy (non-hydrogen) atoms. The number of rotatable bonds is 11. The van der Waals surface area contributed by atoms with Crippen LogP contribution in [0.15, 0.2) is 12.7 Å². The van der Waals surface area contributed by atoms with Gasteiger partial charge >= 0.3 is 0 Å². The fraction of sp³-hybridized carbons (Fsp3) is 0.867. The monoisotopic (exact) mass is 226 g/mol. The lowest BCUT2D eigenvalue weighted by Gasteiger charge is -2.22. The molecule has 0 aromatic heterocycles. The fourth-order valence-electron chi connectivity index (χ4n) is 2.00. The van der Waals surface area contributed by atoms with Crippen molar-refractivity contribution in [3.8, 4) is 0 Å². The minimum Gasteiger partial charge on any atom is -0.390 e. The molecule has 0 fully saturated rings. The van der Waals surface area contributed by atoms with E-state index in [1.807, 2.05) is 13.0 Å². The van der Waals surface area contributed by atoms with Crippen LogP contribution in [0.2, 0.25) is 0 Å². The van der Waals surface area contributed by atoms with E-state index in [2.05, 4.69) is 13.5 Å². The maximum Gasteiger partial charge on any atom is 0.0622 e. The first-order valence-electron chi connectivity index (χ1n) is 6.95. The van der Waals surface area contributed by atoms with Crippen molar-refractivity contribution in [2.45, 2.75) is 83.7 Å². The topological polar surface area (TPSA) is 20.2 Å². The third-order valence-electron chi connectivity index (χ3n) is 3.21. The van der Waals surface area contributed by atoms with Crippen molar-refractivity contribution >= 4 is 0 Å². The van der Waals surface area contributed by atoms with E-state index in [4.69, 9.17) is 0 Å². The van der Waals surface area contributed by atoms with Gasteiger partial charge in [0.05, 0.1) is 5.60 Å². The molecule has 1 unspecified atom stereocenters. The second-order valence-corrected chi connectivity index (χ2v) is 5.20. The summed E-state index contributed by atoms with van der Waals surface area (Å²) in [4.78, 5) is 0. The van der Waals surface area contributed by atoms with Gasteiger partial charge in [-0.25, -0.2) is 0 Å². The van der Waals surface area contributed by atoms with Crippen molar-refractivity contribution in [3.63, 3.8) is 0 Å². The van der Waals surface area contributed by atoms with Crippen molar-refractivity contribution in [1.29, 1.82) is 0 Å². The molecule has 0 aromatic rings. The SMILES string of the molecule is C=CCCC(C)(O)CCCCCCCCC. The molecule has 1 N–H and O–H groups in total. The van der Waals surface area contributed by atoms with Gasteiger partial charge in [0.2, 0.25) is 0 Å². The first-order valence-corrected chi connectivity index (χ1v) is 6.95. The smallest absolute Gasteiger partial charge is 0.0622 e. The number of aliphatic hydroxyl groups is 1. The van der Waals surface area contributed by atoms with E-state index in [1.54, 1.807) is 0 Å². The van der Waals surface area contributed by atoms with E-state index in [0.29, 0.717) is 0 Å². The summed E-state index contributed by atoms with van der Waals surface area (Å²) in [6, 6.07) is 0. The van der Waals surface area contributed by atoms with E-state index >= 15 is 0 Å². The summed E-state index contributed by atoms with van der Waals surface area (Å²) in [6.45, 7) is 7.89. The van der Waals surface area contributed by atoms with Crippen LogP contribution in [-0.2, 0) is 0 Å². The molecule has 1 heteroatoms. The number of hydrogen-bond donors (Lipinski definition) is 1. The zero-order valence-electron chi connectivity index (χ0n) is 11.3. The predicted molar refractivity (Wildman–Crippen MR) is 72.7 cm³/mol. The second kappa shape index (κ2) is 9.89. The molecule has 0 aliphatic heterocycles. The van der Waals surface area contributed by atoms with Crippen molar-refractivity contribution in [2.24, 2.45) is 0 Å². The highest BCUT2D eigenvalue weighted by Gasteiger charge is 2.17. The van der Waals surface area contributed by atoms with E-state index < -0.39 is 5.60 Å². The van der Waals surface area contributed by atoms with Gasteiger partial charge in [0.15, 0.2) is 0 Å². The number of allylic oxidation sites excluding steroid dienone is 1. The lowest BCUT2D eigenvalue weighted by atomic mass is 9.93. The van der Waals surface area contributed by atoms with Crippen LogP contribution in [0.1, 0.15) is 78.1 Å². The summed E-state index contributed by atoms with van der Waals surface area (Å²) in [5.74, 6) is 0. The quantitative estimate of drug-likeness (QED) is 0.394. The van der Waals surface area contributed by atoms with E-state index in [-0.39, 0.29) is 0 Å². The van der Waals surface area contributed by atoms with Crippen LogP contribution in [0.5, 0.6) is 0 Å². The summed E-state index contributed by atoms with van der Waals surface area (Å²) < 4.78 is 0. The van der Waals surface area contributed by atoms with Gasteiger partial charge in [-0.1, -0.05) is 57.9 Å². The van der Waals surface area contributed by atoms with Crippen molar-refractivity contribution in [2.75, 3.05) is 0 Å². The van der Waals surface area contributed by atoms with Gasteiger partial charge < -0.3 is 5.11 Å². The maximum atomic E-state index is 10.0. The Hall–Kier alpha value is -0.300. The van der Waals surface area contributed by atoms with E-state index in [1.165, 1.54) is 38.5 Å². The molecule has 0 spiro atoms. The minimum absolute atomic E-state index is 0.475. The highest BCUT2D eigenvalue weighted by atomic mass is 16.3. The molecule has 0 aliphatic carbocycles. The summed E-state index contributed by atoms with van der Waals surface area (Å²) in [5.41, 5.74) is -0.475. The Labute approximate surface area is 102 Å². The Morgan fingerprint density at radius 2 is 1.56 bits per heavy atom. The van der Waals surface area contributed by atoms with Gasteiger partial charge in [0, 0.05) is 0 Å². The minimum atomic E-state index is -0.475. The van der Waals surface area contributed by atoms with Crippen LogP contribution in [0.25, 0.3) is 0 Å². The van der Waals surface area contributed by atoms with Crippen LogP contribution in [0.4, 0.5) is 0 Å². The van der Waals surface area contributed by atoms with Crippen LogP contribution in [0, 0.1) is 0 Å². The Bertz CT molecular complexity index is 161. The molecule has 0 bridgehead atoms. The van der Waals surface area contributed by atoms with Crippen LogP contribution < -0.4 is 0 Å². The molecule has 96 valence electrons. The molecule has 0 saturated carbocycles. The summed E-state index contributed by atoms with van der Waals surface area (Å²) >= 11 is 0. The van der Waals surface area contributed by atoms with Crippen molar-refractivity contribution in [3.05, 3.63) is 12.7 Å². The Kier molecular flexibility index (Phi) is 9.71. The molecular weight excluding hydrogens is 196 g/mol. The highest BCUT2D eigenvalue weighted by molar-refractivity contribution is 4.77. The molecule has 0 heterocycles. The molecule has 1 atom stereocenters. The largest absolute Gasteiger partial charge is 0.390 e. The van der Waals surface area contributed by atoms with Gasteiger partial charge in [-0.2, -0.15) is 0 Å². The molecule has 1 nitrogen and oxygen atoms in total. The Morgan fingerprint density at radius 1 is 1.00 bits per heavy atom. The van der Waals surface area contributed by atoms with Gasteiger partial charge in [-0.15, -0.1) is 6.58 Å². The van der Waals surface area contributed by atoms with Crippen molar-refractivity contribution < 1.29 is 5.11 Å². The third kappa shape index (κ3) is 10.2. The molecule has 0 saturated heterocycles. The molecule has 0 radical (unpaired) electrons. The second-order valence-electron chi connectivity index (χ2n) is 5.20. The van der Waals surface area contributed by atoms with Gasteiger partial charge in [-0.05, 0) is 26.2 Å². The first-order chi connectivity index (χ1) is 7.62. The number of hydrogen-bond acceptors (Lipinski definition) is 1. The molecule has 0 aliphatic rings. The zero-order valence-corrected chi connectivity index (χ0v) is 11.3. The van der Waals surface area contributed by atoms with Crippen LogP contribution in [0.3, 0.4) is 0 Å². The summed E-state index contributed by atoms with van der Waals surface area (Å²) in [5, 5.41) is 10.0. The predicted octanol–water partition coefficient (Wildman–Crippen LogP) is 4.84. The van der Waals surface area contributed by atoms with Crippen molar-refractivity contribution in [1.82, 2.24) is 0 Å². The summed E-state index contributed by atoms with van der Waals surface area (Å²) in [6.07, 6.45) is 13.8. The molecular formula is C15H30O. The first kappa shape index (κ1) is 15.7. The highest BCUT2D eigenvalue weighted by Crippen LogP contribution is 2.21. The van der Waals surface area contributed by atoms with Gasteiger partial charge in [0.1, 0.15) is 0 Å². The third-order valence-corrected chi connectivity index (χ3v) is 3.21. The lowest BCUT2D eigenvalue weighted by Crippen LogP contribution is -2.23. The Balaban J connectivity index is 3.32.